The van der Waals surface area contributed by atoms with Gasteiger partial charge < -0.3 is 15.4 Å². The number of aromatic nitrogens is 1. The predicted octanol–water partition coefficient (Wildman–Crippen LogP) is 3.17. The molecule has 5 nitrogen and oxygen atoms in total. The van der Waals surface area contributed by atoms with Crippen LogP contribution in [-0.2, 0) is 4.79 Å². The molecule has 1 aromatic carbocycles. The number of nitrogens with one attached hydrogen (secondary N) is 2. The summed E-state index contributed by atoms with van der Waals surface area (Å²) in [7, 11) is 0. The van der Waals surface area contributed by atoms with E-state index < -0.39 is 5.97 Å². The smallest absolute Gasteiger partial charge is 0.352 e. The number of carboxylic acids is 1. The summed E-state index contributed by atoms with van der Waals surface area (Å²) in [5, 5.41) is 12.3. The second kappa shape index (κ2) is 4.79. The highest BCUT2D eigenvalue weighted by molar-refractivity contribution is 6.36. The van der Waals surface area contributed by atoms with Gasteiger partial charge in [-0.25, -0.2) is 4.79 Å². The minimum Gasteiger partial charge on any atom is -0.477 e. The van der Waals surface area contributed by atoms with Gasteiger partial charge >= 0.3 is 5.97 Å². The number of H-pyrrole nitrogens is 1. The average Bonchev–Trinajstić information content (AvgIpc) is 2.93. The number of amides is 1. The van der Waals surface area contributed by atoms with Gasteiger partial charge in [-0.05, 0) is 42.8 Å². The topological polar surface area (TPSA) is 82.2 Å². The molecule has 3 N–H and O–H groups in total. The molecule has 1 aliphatic rings. The van der Waals surface area contributed by atoms with Crippen molar-refractivity contribution in [1.29, 1.82) is 0 Å². The van der Waals surface area contributed by atoms with E-state index >= 15 is 0 Å². The summed E-state index contributed by atoms with van der Waals surface area (Å²) in [4.78, 5) is 25.8. The molecule has 2 aromatic rings. The standard InChI is InChI=1S/C15H11ClN2O3/c1-7-4-13(15(20)21)17-12(7)6-10-9-5-8(16)2-3-11(9)18-14(10)19/h2-6,17H,1H3,(H,18,19)(H,20,21)/b10-6-. The summed E-state index contributed by atoms with van der Waals surface area (Å²) in [5.41, 5.74) is 3.28. The first-order chi connectivity index (χ1) is 9.95. The second-order valence-electron chi connectivity index (χ2n) is 4.79. The van der Waals surface area contributed by atoms with E-state index in [4.69, 9.17) is 16.7 Å². The third-order valence-corrected chi connectivity index (χ3v) is 3.57. The molecule has 0 saturated heterocycles. The maximum Gasteiger partial charge on any atom is 0.352 e. The number of anilines is 1. The predicted molar refractivity (Wildman–Crippen MR) is 80.4 cm³/mol. The van der Waals surface area contributed by atoms with Gasteiger partial charge in [0.15, 0.2) is 0 Å². The number of rotatable bonds is 2. The van der Waals surface area contributed by atoms with Gasteiger partial charge in [-0.15, -0.1) is 0 Å². The maximum atomic E-state index is 12.0. The first-order valence-electron chi connectivity index (χ1n) is 6.21. The Bertz CT molecular complexity index is 805. The molecule has 0 aliphatic carbocycles. The molecule has 3 rings (SSSR count). The summed E-state index contributed by atoms with van der Waals surface area (Å²) in [6.07, 6.45) is 1.64. The van der Waals surface area contributed by atoms with Gasteiger partial charge in [0, 0.05) is 22.0 Å². The van der Waals surface area contributed by atoms with Crippen LogP contribution >= 0.6 is 11.6 Å². The Kier molecular flexibility index (Phi) is 3.07. The summed E-state index contributed by atoms with van der Waals surface area (Å²) in [6.45, 7) is 1.78. The Morgan fingerprint density at radius 3 is 2.76 bits per heavy atom. The summed E-state index contributed by atoms with van der Waals surface area (Å²) >= 11 is 5.96. The van der Waals surface area contributed by atoms with E-state index in [1.54, 1.807) is 31.2 Å². The van der Waals surface area contributed by atoms with Crippen LogP contribution in [0.25, 0.3) is 11.6 Å². The van der Waals surface area contributed by atoms with Crippen LogP contribution in [0, 0.1) is 6.92 Å². The number of halogens is 1. The summed E-state index contributed by atoms with van der Waals surface area (Å²) in [5.74, 6) is -1.28. The van der Waals surface area contributed by atoms with Crippen LogP contribution in [0.4, 0.5) is 5.69 Å². The van der Waals surface area contributed by atoms with Crippen molar-refractivity contribution in [1.82, 2.24) is 4.98 Å². The fourth-order valence-electron chi connectivity index (χ4n) is 2.29. The zero-order chi connectivity index (χ0) is 15.1. The van der Waals surface area contributed by atoms with E-state index in [1.807, 2.05) is 0 Å². The van der Waals surface area contributed by atoms with Crippen LogP contribution in [0.1, 0.15) is 27.3 Å². The molecule has 1 aromatic heterocycles. The van der Waals surface area contributed by atoms with E-state index in [0.717, 1.165) is 5.56 Å². The fourth-order valence-corrected chi connectivity index (χ4v) is 2.46. The number of carbonyl (C=O) groups excluding carboxylic acids is 1. The molecule has 1 aliphatic heterocycles. The minimum absolute atomic E-state index is 0.0871. The van der Waals surface area contributed by atoms with E-state index in [9.17, 15) is 9.59 Å². The van der Waals surface area contributed by atoms with Crippen molar-refractivity contribution in [3.05, 3.63) is 51.8 Å². The Morgan fingerprint density at radius 2 is 2.10 bits per heavy atom. The highest BCUT2D eigenvalue weighted by atomic mass is 35.5. The number of aromatic carboxylic acids is 1. The lowest BCUT2D eigenvalue weighted by Crippen LogP contribution is -2.03. The van der Waals surface area contributed by atoms with Crippen LogP contribution < -0.4 is 5.32 Å². The zero-order valence-electron chi connectivity index (χ0n) is 11.0. The van der Waals surface area contributed by atoms with Crippen LogP contribution in [0.3, 0.4) is 0 Å². The molecule has 0 radical (unpaired) electrons. The Hall–Kier alpha value is -2.53. The Balaban J connectivity index is 2.11. The molecule has 0 bridgehead atoms. The molecule has 21 heavy (non-hydrogen) atoms. The Morgan fingerprint density at radius 1 is 1.33 bits per heavy atom. The monoisotopic (exact) mass is 302 g/mol. The largest absolute Gasteiger partial charge is 0.477 e. The Labute approximate surface area is 125 Å². The molecular weight excluding hydrogens is 292 g/mol. The van der Waals surface area contributed by atoms with Gasteiger partial charge in [-0.3, -0.25) is 4.79 Å². The van der Waals surface area contributed by atoms with E-state index in [0.29, 0.717) is 27.5 Å². The van der Waals surface area contributed by atoms with Crippen LogP contribution in [-0.4, -0.2) is 22.0 Å². The molecule has 0 atom stereocenters. The van der Waals surface area contributed by atoms with Gasteiger partial charge in [0.05, 0.1) is 5.57 Å². The van der Waals surface area contributed by atoms with Gasteiger partial charge in [-0.2, -0.15) is 0 Å². The maximum absolute atomic E-state index is 12.0. The number of aryl methyl sites for hydroxylation is 1. The van der Waals surface area contributed by atoms with E-state index in [-0.39, 0.29) is 11.6 Å². The first-order valence-corrected chi connectivity index (χ1v) is 6.59. The van der Waals surface area contributed by atoms with E-state index in [1.165, 1.54) is 6.07 Å². The minimum atomic E-state index is -1.04. The number of carboxylic acid groups (broad SMARTS) is 1. The van der Waals surface area contributed by atoms with Crippen LogP contribution in [0.5, 0.6) is 0 Å². The number of aromatic amines is 1. The second-order valence-corrected chi connectivity index (χ2v) is 5.22. The highest BCUT2D eigenvalue weighted by Gasteiger charge is 2.24. The zero-order valence-corrected chi connectivity index (χ0v) is 11.8. The van der Waals surface area contributed by atoms with E-state index in [2.05, 4.69) is 10.3 Å². The van der Waals surface area contributed by atoms with Gasteiger partial charge in [-0.1, -0.05) is 11.6 Å². The van der Waals surface area contributed by atoms with Crippen molar-refractivity contribution in [2.45, 2.75) is 6.92 Å². The van der Waals surface area contributed by atoms with Crippen molar-refractivity contribution >= 4 is 40.8 Å². The van der Waals surface area contributed by atoms with Gasteiger partial charge in [0.1, 0.15) is 5.69 Å². The van der Waals surface area contributed by atoms with Crippen molar-refractivity contribution < 1.29 is 14.7 Å². The van der Waals surface area contributed by atoms with Crippen molar-refractivity contribution in [3.63, 3.8) is 0 Å². The van der Waals surface area contributed by atoms with Crippen LogP contribution in [0.15, 0.2) is 24.3 Å². The molecule has 0 saturated carbocycles. The van der Waals surface area contributed by atoms with Crippen molar-refractivity contribution in [3.8, 4) is 0 Å². The summed E-state index contributed by atoms with van der Waals surface area (Å²) < 4.78 is 0. The third-order valence-electron chi connectivity index (χ3n) is 3.34. The normalized spacial score (nSPS) is 15.1. The molecule has 6 heteroatoms. The molecular formula is C15H11ClN2O3. The number of hydrogen-bond donors (Lipinski definition) is 3. The lowest BCUT2D eigenvalue weighted by atomic mass is 10.1. The number of benzene rings is 1. The summed E-state index contributed by atoms with van der Waals surface area (Å²) in [6, 6.07) is 6.67. The lowest BCUT2D eigenvalue weighted by Gasteiger charge is -1.99. The van der Waals surface area contributed by atoms with Gasteiger partial charge in [0.25, 0.3) is 5.91 Å². The highest BCUT2D eigenvalue weighted by Crippen LogP contribution is 2.35. The van der Waals surface area contributed by atoms with Crippen LogP contribution in [0.2, 0.25) is 5.02 Å². The number of hydrogen-bond acceptors (Lipinski definition) is 2. The first kappa shape index (κ1) is 13.5. The third kappa shape index (κ3) is 2.32. The molecule has 0 fully saturated rings. The average molecular weight is 303 g/mol. The number of carbonyl (C=O) groups is 2. The molecule has 0 unspecified atom stereocenters. The lowest BCUT2D eigenvalue weighted by molar-refractivity contribution is -0.110. The molecule has 2 heterocycles. The van der Waals surface area contributed by atoms with Crippen molar-refractivity contribution in [2.24, 2.45) is 0 Å². The molecule has 1 amide bonds. The molecule has 106 valence electrons. The number of fused-ring (bicyclic) bond motifs is 1. The quantitative estimate of drug-likeness (QED) is 0.745. The van der Waals surface area contributed by atoms with Crippen molar-refractivity contribution in [2.75, 3.05) is 5.32 Å². The molecule has 0 spiro atoms. The van der Waals surface area contributed by atoms with Gasteiger partial charge in [0.2, 0.25) is 0 Å². The SMILES string of the molecule is Cc1cc(C(=O)O)[nH]c1/C=C1\C(=O)Nc2ccc(Cl)cc21. The fraction of sp³-hybridized carbons (Fsp3) is 0.0667.